The van der Waals surface area contributed by atoms with Gasteiger partial charge >= 0.3 is 0 Å². The first-order valence-corrected chi connectivity index (χ1v) is 7.65. The smallest absolute Gasteiger partial charge is 0.142 e. The van der Waals surface area contributed by atoms with Crippen LogP contribution in [0.1, 0.15) is 11.1 Å². The van der Waals surface area contributed by atoms with E-state index in [1.807, 2.05) is 18.2 Å². The molecular formula is C20H24O4. The molecule has 0 amide bonds. The van der Waals surface area contributed by atoms with Gasteiger partial charge in [0.25, 0.3) is 0 Å². The molecule has 0 unspecified atom stereocenters. The van der Waals surface area contributed by atoms with Gasteiger partial charge in [-0.05, 0) is 30.2 Å². The van der Waals surface area contributed by atoms with Gasteiger partial charge in [0, 0.05) is 12.7 Å². The van der Waals surface area contributed by atoms with Crippen LogP contribution in [0.15, 0.2) is 55.1 Å². The molecule has 0 saturated heterocycles. The minimum atomic E-state index is 0.00875. The number of hydrogen-bond acceptors (Lipinski definition) is 4. The van der Waals surface area contributed by atoms with Crippen molar-refractivity contribution in [3.8, 4) is 16.9 Å². The number of aryl methyl sites for hydroxylation is 1. The Morgan fingerprint density at radius 2 is 1.79 bits per heavy atom. The fourth-order valence-corrected chi connectivity index (χ4v) is 1.99. The van der Waals surface area contributed by atoms with E-state index in [0.29, 0.717) is 19.5 Å². The molecule has 0 aliphatic carbocycles. The lowest BCUT2D eigenvalue weighted by molar-refractivity contribution is -0.104. The molecule has 0 heterocycles. The molecule has 24 heavy (non-hydrogen) atoms. The molecule has 0 radical (unpaired) electrons. The monoisotopic (exact) mass is 328 g/mol. The lowest BCUT2D eigenvalue weighted by Crippen LogP contribution is -2.05. The molecule has 0 spiro atoms. The number of hydrogen-bond donors (Lipinski definition) is 1. The summed E-state index contributed by atoms with van der Waals surface area (Å²) in [5.74, 6) is 0.775. The number of aliphatic hydroxyl groups excluding tert-OH is 1. The van der Waals surface area contributed by atoms with E-state index in [1.54, 1.807) is 7.11 Å². The molecule has 0 aliphatic rings. The van der Waals surface area contributed by atoms with Crippen LogP contribution in [-0.4, -0.2) is 31.7 Å². The van der Waals surface area contributed by atoms with Gasteiger partial charge in [0.1, 0.15) is 18.6 Å². The highest BCUT2D eigenvalue weighted by atomic mass is 16.5. The van der Waals surface area contributed by atoms with Crippen LogP contribution in [0.5, 0.6) is 5.75 Å². The van der Waals surface area contributed by atoms with Crippen LogP contribution in [0.25, 0.3) is 11.1 Å². The Balaban J connectivity index is 0.000000648. The van der Waals surface area contributed by atoms with Crippen molar-refractivity contribution < 1.29 is 19.4 Å². The Morgan fingerprint density at radius 3 is 2.33 bits per heavy atom. The summed E-state index contributed by atoms with van der Waals surface area (Å²) in [6, 6.07) is 14.1. The number of methoxy groups -OCH3 is 1. The number of rotatable bonds is 7. The molecule has 0 aromatic heterocycles. The van der Waals surface area contributed by atoms with Crippen molar-refractivity contribution in [2.75, 3.05) is 20.3 Å². The van der Waals surface area contributed by atoms with Crippen molar-refractivity contribution in [2.24, 2.45) is 0 Å². The van der Waals surface area contributed by atoms with Gasteiger partial charge in [-0.15, -0.1) is 0 Å². The number of aldehydes is 1. The zero-order chi connectivity index (χ0) is 17.8. The van der Waals surface area contributed by atoms with Gasteiger partial charge in [0.2, 0.25) is 0 Å². The SMILES string of the molecule is C=CC=O.COCCOc1cc(CO)ccc1-c1ccc(C)cc1. The summed E-state index contributed by atoms with van der Waals surface area (Å²) in [6.07, 6.45) is 1.83. The zero-order valence-electron chi connectivity index (χ0n) is 14.2. The van der Waals surface area contributed by atoms with Gasteiger partial charge in [-0.2, -0.15) is 0 Å². The minimum absolute atomic E-state index is 0.00875. The first-order chi connectivity index (χ1) is 11.7. The van der Waals surface area contributed by atoms with Crippen LogP contribution in [0.3, 0.4) is 0 Å². The van der Waals surface area contributed by atoms with E-state index in [0.717, 1.165) is 22.4 Å². The van der Waals surface area contributed by atoms with Crippen LogP contribution in [-0.2, 0) is 16.1 Å². The highest BCUT2D eigenvalue weighted by molar-refractivity contribution is 5.71. The van der Waals surface area contributed by atoms with Gasteiger partial charge in [-0.1, -0.05) is 48.5 Å². The van der Waals surface area contributed by atoms with Crippen molar-refractivity contribution in [2.45, 2.75) is 13.5 Å². The molecule has 2 aromatic carbocycles. The van der Waals surface area contributed by atoms with Crippen molar-refractivity contribution in [3.63, 3.8) is 0 Å². The van der Waals surface area contributed by atoms with Crippen LogP contribution >= 0.6 is 0 Å². The third-order valence-electron chi connectivity index (χ3n) is 3.23. The van der Waals surface area contributed by atoms with Gasteiger partial charge in [-0.25, -0.2) is 0 Å². The highest BCUT2D eigenvalue weighted by Crippen LogP contribution is 2.31. The molecule has 0 bridgehead atoms. The fourth-order valence-electron chi connectivity index (χ4n) is 1.99. The highest BCUT2D eigenvalue weighted by Gasteiger charge is 2.07. The lowest BCUT2D eigenvalue weighted by Gasteiger charge is -2.13. The lowest BCUT2D eigenvalue weighted by atomic mass is 10.0. The van der Waals surface area contributed by atoms with Gasteiger partial charge < -0.3 is 14.6 Å². The second kappa shape index (κ2) is 11.2. The van der Waals surface area contributed by atoms with Crippen molar-refractivity contribution in [1.29, 1.82) is 0 Å². The van der Waals surface area contributed by atoms with E-state index >= 15 is 0 Å². The second-order valence-electron chi connectivity index (χ2n) is 5.07. The molecule has 128 valence electrons. The second-order valence-corrected chi connectivity index (χ2v) is 5.07. The first-order valence-electron chi connectivity index (χ1n) is 7.65. The Bertz CT molecular complexity index is 627. The first kappa shape index (κ1) is 19.6. The van der Waals surface area contributed by atoms with E-state index in [-0.39, 0.29) is 6.61 Å². The number of benzene rings is 2. The van der Waals surface area contributed by atoms with E-state index in [2.05, 4.69) is 37.8 Å². The Labute approximate surface area is 143 Å². The molecule has 0 saturated carbocycles. The summed E-state index contributed by atoms with van der Waals surface area (Å²) >= 11 is 0. The van der Waals surface area contributed by atoms with E-state index in [1.165, 1.54) is 11.6 Å². The number of aliphatic hydroxyl groups is 1. The Hall–Kier alpha value is -2.43. The van der Waals surface area contributed by atoms with Gasteiger partial charge in [0.15, 0.2) is 0 Å². The van der Waals surface area contributed by atoms with Crippen LogP contribution in [0.2, 0.25) is 0 Å². The van der Waals surface area contributed by atoms with Crippen molar-refractivity contribution in [1.82, 2.24) is 0 Å². The number of ether oxygens (including phenoxy) is 2. The Morgan fingerprint density at radius 1 is 1.12 bits per heavy atom. The van der Waals surface area contributed by atoms with Crippen LogP contribution in [0, 0.1) is 6.92 Å². The predicted molar refractivity (Wildman–Crippen MR) is 96.2 cm³/mol. The van der Waals surface area contributed by atoms with E-state index in [4.69, 9.17) is 14.3 Å². The van der Waals surface area contributed by atoms with Crippen LogP contribution < -0.4 is 4.74 Å². The summed E-state index contributed by atoms with van der Waals surface area (Å²) in [7, 11) is 1.65. The molecule has 2 aromatic rings. The zero-order valence-corrected chi connectivity index (χ0v) is 14.2. The average Bonchev–Trinajstić information content (AvgIpc) is 2.63. The molecule has 0 fully saturated rings. The maximum Gasteiger partial charge on any atom is 0.142 e. The molecule has 4 heteroatoms. The summed E-state index contributed by atoms with van der Waals surface area (Å²) in [4.78, 5) is 9.06. The predicted octanol–water partition coefficient (Wildman–Crippen LogP) is 3.55. The largest absolute Gasteiger partial charge is 0.491 e. The molecule has 0 atom stereocenters. The van der Waals surface area contributed by atoms with Gasteiger partial charge in [0.05, 0.1) is 13.2 Å². The molecule has 4 nitrogen and oxygen atoms in total. The van der Waals surface area contributed by atoms with Crippen molar-refractivity contribution >= 4 is 6.29 Å². The number of carbonyl (C=O) groups excluding carboxylic acids is 1. The molecule has 1 N–H and O–H groups in total. The molecule has 0 aliphatic heterocycles. The van der Waals surface area contributed by atoms with E-state index in [9.17, 15) is 5.11 Å². The summed E-state index contributed by atoms with van der Waals surface area (Å²) in [5.41, 5.74) is 4.20. The standard InChI is InChI=1S/C17H20O3.C3H4O/c1-13-3-6-15(7-4-13)16-8-5-14(12-18)11-17(16)20-10-9-19-2;1-2-3-4/h3-8,11,18H,9-10,12H2,1-2H3;2-3H,1H2. The molecule has 2 rings (SSSR count). The van der Waals surface area contributed by atoms with Crippen LogP contribution in [0.4, 0.5) is 0 Å². The average molecular weight is 328 g/mol. The Kier molecular flexibility index (Phi) is 9.12. The number of carbonyl (C=O) groups is 1. The summed E-state index contributed by atoms with van der Waals surface area (Å²) in [5, 5.41) is 9.25. The van der Waals surface area contributed by atoms with E-state index < -0.39 is 0 Å². The summed E-state index contributed by atoms with van der Waals surface area (Å²) in [6.45, 7) is 6.21. The normalized spacial score (nSPS) is 9.62. The van der Waals surface area contributed by atoms with Gasteiger partial charge in [-0.3, -0.25) is 4.79 Å². The minimum Gasteiger partial charge on any atom is -0.491 e. The summed E-state index contributed by atoms with van der Waals surface area (Å²) < 4.78 is 10.8. The quantitative estimate of drug-likeness (QED) is 0.480. The third-order valence-corrected chi connectivity index (χ3v) is 3.23. The topological polar surface area (TPSA) is 55.8 Å². The maximum atomic E-state index is 9.25. The number of allylic oxidation sites excluding steroid dienone is 1. The fraction of sp³-hybridized carbons (Fsp3) is 0.250. The maximum absolute atomic E-state index is 9.25. The third kappa shape index (κ3) is 6.36. The van der Waals surface area contributed by atoms with Crippen molar-refractivity contribution in [3.05, 3.63) is 66.2 Å². The molecular weight excluding hydrogens is 304 g/mol.